The number of benzene rings is 1. The van der Waals surface area contributed by atoms with Crippen molar-refractivity contribution in [3.63, 3.8) is 0 Å². The van der Waals surface area contributed by atoms with Crippen LogP contribution in [0, 0.1) is 0 Å². The molecule has 118 valence electrons. The fraction of sp³-hybridized carbons (Fsp3) is 0.600. The number of aliphatic hydroxyl groups is 1. The first-order valence-electron chi connectivity index (χ1n) is 7.41. The molecule has 2 N–H and O–H groups in total. The number of β-amino-alcohol motifs (C(OH)–C–C–N with tert-alkyl or cyclic N) is 1. The summed E-state index contributed by atoms with van der Waals surface area (Å²) in [7, 11) is -3.41. The van der Waals surface area contributed by atoms with E-state index in [0.29, 0.717) is 13.1 Å². The lowest BCUT2D eigenvalue weighted by Gasteiger charge is -2.38. The van der Waals surface area contributed by atoms with Crippen LogP contribution < -0.4 is 9.62 Å². The summed E-state index contributed by atoms with van der Waals surface area (Å²) >= 11 is 0. The van der Waals surface area contributed by atoms with Crippen molar-refractivity contribution in [3.8, 4) is 0 Å². The van der Waals surface area contributed by atoms with Crippen molar-refractivity contribution in [1.29, 1.82) is 0 Å². The number of hydrogen-bond donors (Lipinski definition) is 2. The molecule has 2 rings (SSSR count). The molecule has 6 heteroatoms. The van der Waals surface area contributed by atoms with Gasteiger partial charge in [-0.15, -0.1) is 0 Å². The Kier molecular flexibility index (Phi) is 4.91. The van der Waals surface area contributed by atoms with Crippen molar-refractivity contribution in [2.24, 2.45) is 0 Å². The lowest BCUT2D eigenvalue weighted by Crippen LogP contribution is -2.46. The highest BCUT2D eigenvalue weighted by atomic mass is 32.2. The van der Waals surface area contributed by atoms with Crippen LogP contribution in [-0.2, 0) is 10.0 Å². The third-order valence-electron chi connectivity index (χ3n) is 3.73. The molecule has 21 heavy (non-hydrogen) atoms. The molecule has 1 atom stereocenters. The van der Waals surface area contributed by atoms with Gasteiger partial charge in [-0.1, -0.05) is 6.92 Å². The summed E-state index contributed by atoms with van der Waals surface area (Å²) in [4.78, 5) is 2.38. The second-order valence-electron chi connectivity index (χ2n) is 5.91. The molecule has 1 heterocycles. The summed E-state index contributed by atoms with van der Waals surface area (Å²) < 4.78 is 26.6. The molecule has 1 fully saturated rings. The summed E-state index contributed by atoms with van der Waals surface area (Å²) in [5.41, 5.74) is 0.274. The smallest absolute Gasteiger partial charge is 0.240 e. The maximum Gasteiger partial charge on any atom is 0.240 e. The number of rotatable bonds is 5. The van der Waals surface area contributed by atoms with E-state index >= 15 is 0 Å². The zero-order valence-corrected chi connectivity index (χ0v) is 13.5. The number of nitrogens with one attached hydrogen (secondary N) is 1. The van der Waals surface area contributed by atoms with E-state index in [9.17, 15) is 13.5 Å². The summed E-state index contributed by atoms with van der Waals surface area (Å²) in [5.74, 6) is 0. The Labute approximate surface area is 127 Å². The Bertz CT molecular complexity index is 567. The summed E-state index contributed by atoms with van der Waals surface area (Å²) in [5, 5.41) is 10.1. The molecule has 1 aromatic rings. The second-order valence-corrected chi connectivity index (χ2v) is 7.68. The van der Waals surface area contributed by atoms with Gasteiger partial charge in [-0.25, -0.2) is 13.1 Å². The van der Waals surface area contributed by atoms with E-state index in [-0.39, 0.29) is 4.90 Å². The van der Waals surface area contributed by atoms with Crippen LogP contribution in [0.5, 0.6) is 0 Å². The van der Waals surface area contributed by atoms with Gasteiger partial charge in [0, 0.05) is 25.3 Å². The average Bonchev–Trinajstić information content (AvgIpc) is 2.44. The molecule has 1 aliphatic heterocycles. The number of piperidine rings is 1. The topological polar surface area (TPSA) is 69.6 Å². The van der Waals surface area contributed by atoms with E-state index in [1.807, 2.05) is 26.0 Å². The minimum absolute atomic E-state index is 0.281. The molecule has 0 aromatic heterocycles. The van der Waals surface area contributed by atoms with Gasteiger partial charge in [-0.2, -0.15) is 0 Å². The van der Waals surface area contributed by atoms with Crippen LogP contribution >= 0.6 is 0 Å². The molecule has 1 saturated heterocycles. The highest BCUT2D eigenvalue weighted by molar-refractivity contribution is 7.89. The summed E-state index contributed by atoms with van der Waals surface area (Å²) in [6.07, 6.45) is 2.50. The van der Waals surface area contributed by atoms with Crippen LogP contribution in [-0.4, -0.2) is 38.8 Å². The molecule has 0 radical (unpaired) electrons. The van der Waals surface area contributed by atoms with Crippen molar-refractivity contribution < 1.29 is 13.5 Å². The quantitative estimate of drug-likeness (QED) is 0.869. The van der Waals surface area contributed by atoms with E-state index < -0.39 is 15.6 Å². The Morgan fingerprint density at radius 2 is 2.00 bits per heavy atom. The predicted molar refractivity (Wildman–Crippen MR) is 84.0 cm³/mol. The number of anilines is 1. The van der Waals surface area contributed by atoms with Crippen LogP contribution in [0.2, 0.25) is 0 Å². The molecule has 1 unspecified atom stereocenters. The molecule has 1 aliphatic rings. The Morgan fingerprint density at radius 3 is 2.57 bits per heavy atom. The van der Waals surface area contributed by atoms with Gasteiger partial charge in [-0.05, 0) is 50.5 Å². The standard InChI is InChI=1S/C15H24N2O3S/c1-3-10-16-21(19,20)14-7-5-13(6-8-14)17-11-4-9-15(2,18)12-17/h5-8,16,18H,3-4,9-12H2,1-2H3. The van der Waals surface area contributed by atoms with Crippen LogP contribution in [0.1, 0.15) is 33.1 Å². The molecular weight excluding hydrogens is 288 g/mol. The predicted octanol–water partition coefficient (Wildman–Crippen LogP) is 1.73. The SMILES string of the molecule is CCCNS(=O)(=O)c1ccc(N2CCCC(C)(O)C2)cc1. The molecule has 0 saturated carbocycles. The van der Waals surface area contributed by atoms with Gasteiger partial charge in [0.25, 0.3) is 0 Å². The van der Waals surface area contributed by atoms with Crippen molar-refractivity contribution in [1.82, 2.24) is 4.72 Å². The van der Waals surface area contributed by atoms with E-state index in [0.717, 1.165) is 31.5 Å². The van der Waals surface area contributed by atoms with Crippen molar-refractivity contribution in [2.45, 2.75) is 43.6 Å². The second kappa shape index (κ2) is 6.34. The lowest BCUT2D eigenvalue weighted by atomic mass is 9.95. The summed E-state index contributed by atoms with van der Waals surface area (Å²) in [6.45, 7) is 5.67. The highest BCUT2D eigenvalue weighted by Crippen LogP contribution is 2.26. The number of sulfonamides is 1. The number of hydrogen-bond acceptors (Lipinski definition) is 4. The van der Waals surface area contributed by atoms with Gasteiger partial charge in [0.1, 0.15) is 0 Å². The van der Waals surface area contributed by atoms with Crippen LogP contribution in [0.25, 0.3) is 0 Å². The Hall–Kier alpha value is -1.11. The first-order valence-corrected chi connectivity index (χ1v) is 8.89. The summed E-state index contributed by atoms with van der Waals surface area (Å²) in [6, 6.07) is 6.86. The van der Waals surface area contributed by atoms with Crippen molar-refractivity contribution in [2.75, 3.05) is 24.5 Å². The van der Waals surface area contributed by atoms with E-state index in [1.165, 1.54) is 0 Å². The van der Waals surface area contributed by atoms with Crippen LogP contribution in [0.4, 0.5) is 5.69 Å². The molecule has 1 aromatic carbocycles. The zero-order valence-electron chi connectivity index (χ0n) is 12.7. The normalized spacial score (nSPS) is 23.3. The van der Waals surface area contributed by atoms with Crippen molar-refractivity contribution >= 4 is 15.7 Å². The Balaban J connectivity index is 2.12. The van der Waals surface area contributed by atoms with Gasteiger partial charge in [0.15, 0.2) is 0 Å². The molecular formula is C15H24N2O3S. The largest absolute Gasteiger partial charge is 0.388 e. The van der Waals surface area contributed by atoms with Gasteiger partial charge in [-0.3, -0.25) is 0 Å². The first kappa shape index (κ1) is 16.3. The lowest BCUT2D eigenvalue weighted by molar-refractivity contribution is 0.0449. The van der Waals surface area contributed by atoms with Crippen LogP contribution in [0.15, 0.2) is 29.2 Å². The van der Waals surface area contributed by atoms with Gasteiger partial charge >= 0.3 is 0 Å². The van der Waals surface area contributed by atoms with Gasteiger partial charge in [0.05, 0.1) is 10.5 Å². The first-order chi connectivity index (χ1) is 9.84. The average molecular weight is 312 g/mol. The number of nitrogens with zero attached hydrogens (tertiary/aromatic N) is 1. The molecule has 0 bridgehead atoms. The minimum Gasteiger partial charge on any atom is -0.388 e. The molecule has 5 nitrogen and oxygen atoms in total. The van der Waals surface area contributed by atoms with Gasteiger partial charge < -0.3 is 10.0 Å². The highest BCUT2D eigenvalue weighted by Gasteiger charge is 2.28. The molecule has 0 spiro atoms. The van der Waals surface area contributed by atoms with E-state index in [1.54, 1.807) is 12.1 Å². The van der Waals surface area contributed by atoms with Gasteiger partial charge in [0.2, 0.25) is 10.0 Å². The zero-order chi connectivity index (χ0) is 15.5. The van der Waals surface area contributed by atoms with E-state index in [2.05, 4.69) is 9.62 Å². The maximum atomic E-state index is 12.0. The fourth-order valence-electron chi connectivity index (χ4n) is 2.60. The van der Waals surface area contributed by atoms with Crippen LogP contribution in [0.3, 0.4) is 0 Å². The fourth-order valence-corrected chi connectivity index (χ4v) is 3.73. The Morgan fingerprint density at radius 1 is 1.33 bits per heavy atom. The maximum absolute atomic E-state index is 12.0. The third-order valence-corrected chi connectivity index (χ3v) is 5.21. The molecule has 0 amide bonds. The monoisotopic (exact) mass is 312 g/mol. The van der Waals surface area contributed by atoms with E-state index in [4.69, 9.17) is 0 Å². The van der Waals surface area contributed by atoms with Crippen molar-refractivity contribution in [3.05, 3.63) is 24.3 Å². The third kappa shape index (κ3) is 4.18. The molecule has 0 aliphatic carbocycles. The minimum atomic E-state index is -3.41.